The molecule has 0 aromatic carbocycles. The summed E-state index contributed by atoms with van der Waals surface area (Å²) in [5.74, 6) is 0.581. The van der Waals surface area contributed by atoms with Gasteiger partial charge in [0.15, 0.2) is 0 Å². The molecule has 0 bridgehead atoms. The maximum atomic E-state index is 5.33. The van der Waals surface area contributed by atoms with Crippen molar-refractivity contribution in [2.75, 3.05) is 53.1 Å². The predicted octanol–water partition coefficient (Wildman–Crippen LogP) is 0.579. The number of morpholine rings is 1. The lowest BCUT2D eigenvalue weighted by atomic mass is 10.2. The first-order valence-electron chi connectivity index (χ1n) is 6.24. The fourth-order valence-corrected chi connectivity index (χ4v) is 1.98. The average Bonchev–Trinajstić information content (AvgIpc) is 2.28. The highest BCUT2D eigenvalue weighted by atomic mass is 16.5. The quantitative estimate of drug-likeness (QED) is 0.694. The maximum absolute atomic E-state index is 5.33. The van der Waals surface area contributed by atoms with Crippen LogP contribution in [0.4, 0.5) is 0 Å². The molecule has 0 aliphatic carbocycles. The fourth-order valence-electron chi connectivity index (χ4n) is 1.98. The molecule has 0 spiro atoms. The van der Waals surface area contributed by atoms with Gasteiger partial charge in [-0.25, -0.2) is 0 Å². The molecule has 0 amide bonds. The Labute approximate surface area is 99.3 Å². The Bertz CT molecular complexity index is 172. The first kappa shape index (κ1) is 13.9. The number of methoxy groups -OCH3 is 1. The van der Waals surface area contributed by atoms with Gasteiger partial charge in [0.1, 0.15) is 0 Å². The lowest BCUT2D eigenvalue weighted by molar-refractivity contribution is 0.0340. The molecule has 1 aliphatic rings. The van der Waals surface area contributed by atoms with Gasteiger partial charge in [-0.05, 0) is 12.8 Å². The molecule has 0 saturated carbocycles. The van der Waals surface area contributed by atoms with Crippen molar-refractivity contribution in [3.63, 3.8) is 0 Å². The Hall–Kier alpha value is -0.160. The molecule has 16 heavy (non-hydrogen) atoms. The van der Waals surface area contributed by atoms with Crippen molar-refractivity contribution >= 4 is 0 Å². The maximum Gasteiger partial charge on any atom is 0.0594 e. The SMILES string of the molecule is COCC(C)CNC(C)CN1CCOCC1. The third-order valence-corrected chi connectivity index (χ3v) is 2.90. The summed E-state index contributed by atoms with van der Waals surface area (Å²) in [7, 11) is 1.76. The van der Waals surface area contributed by atoms with Gasteiger partial charge in [0.2, 0.25) is 0 Å². The van der Waals surface area contributed by atoms with Crippen molar-refractivity contribution in [2.24, 2.45) is 5.92 Å². The average molecular weight is 230 g/mol. The third-order valence-electron chi connectivity index (χ3n) is 2.90. The van der Waals surface area contributed by atoms with Crippen molar-refractivity contribution in [2.45, 2.75) is 19.9 Å². The highest BCUT2D eigenvalue weighted by Crippen LogP contribution is 1.99. The monoisotopic (exact) mass is 230 g/mol. The molecule has 1 rings (SSSR count). The predicted molar refractivity (Wildman–Crippen MR) is 65.8 cm³/mol. The van der Waals surface area contributed by atoms with Crippen molar-refractivity contribution in [1.29, 1.82) is 0 Å². The molecule has 1 N–H and O–H groups in total. The first-order chi connectivity index (χ1) is 7.72. The Kier molecular flexibility index (Phi) is 6.96. The second-order valence-electron chi connectivity index (χ2n) is 4.78. The van der Waals surface area contributed by atoms with Gasteiger partial charge in [0.05, 0.1) is 13.2 Å². The van der Waals surface area contributed by atoms with E-state index >= 15 is 0 Å². The lowest BCUT2D eigenvalue weighted by Gasteiger charge is -2.29. The molecular weight excluding hydrogens is 204 g/mol. The summed E-state index contributed by atoms with van der Waals surface area (Å²) in [5, 5.41) is 3.55. The molecule has 1 fully saturated rings. The van der Waals surface area contributed by atoms with E-state index in [1.54, 1.807) is 7.11 Å². The van der Waals surface area contributed by atoms with Crippen LogP contribution in [0.1, 0.15) is 13.8 Å². The zero-order valence-corrected chi connectivity index (χ0v) is 10.9. The van der Waals surface area contributed by atoms with Crippen LogP contribution in [0.3, 0.4) is 0 Å². The Morgan fingerprint density at radius 3 is 2.62 bits per heavy atom. The van der Waals surface area contributed by atoms with Crippen molar-refractivity contribution in [3.05, 3.63) is 0 Å². The van der Waals surface area contributed by atoms with E-state index in [9.17, 15) is 0 Å². The van der Waals surface area contributed by atoms with E-state index in [2.05, 4.69) is 24.1 Å². The minimum Gasteiger partial charge on any atom is -0.384 e. The molecule has 1 heterocycles. The summed E-state index contributed by atoms with van der Waals surface area (Å²) in [4.78, 5) is 2.46. The zero-order valence-electron chi connectivity index (χ0n) is 10.9. The Morgan fingerprint density at radius 2 is 2.00 bits per heavy atom. The summed E-state index contributed by atoms with van der Waals surface area (Å²) in [6, 6.07) is 0.539. The van der Waals surface area contributed by atoms with Crippen LogP contribution in [0, 0.1) is 5.92 Å². The summed E-state index contributed by atoms with van der Waals surface area (Å²) < 4.78 is 10.5. The van der Waals surface area contributed by atoms with Gasteiger partial charge in [-0.2, -0.15) is 0 Å². The second-order valence-corrected chi connectivity index (χ2v) is 4.78. The number of hydrogen-bond acceptors (Lipinski definition) is 4. The summed E-state index contributed by atoms with van der Waals surface area (Å²) in [6.45, 7) is 11.3. The van der Waals surface area contributed by atoms with Gasteiger partial charge < -0.3 is 14.8 Å². The van der Waals surface area contributed by atoms with Crippen LogP contribution >= 0.6 is 0 Å². The highest BCUT2D eigenvalue weighted by molar-refractivity contribution is 4.71. The molecular formula is C12H26N2O2. The van der Waals surface area contributed by atoms with E-state index in [4.69, 9.17) is 9.47 Å². The largest absolute Gasteiger partial charge is 0.384 e. The van der Waals surface area contributed by atoms with Crippen LogP contribution in [0.15, 0.2) is 0 Å². The van der Waals surface area contributed by atoms with Gasteiger partial charge in [0, 0.05) is 45.9 Å². The molecule has 2 unspecified atom stereocenters. The highest BCUT2D eigenvalue weighted by Gasteiger charge is 2.13. The van der Waals surface area contributed by atoms with Crippen LogP contribution in [0.5, 0.6) is 0 Å². The van der Waals surface area contributed by atoms with Gasteiger partial charge in [0.25, 0.3) is 0 Å². The number of nitrogens with zero attached hydrogens (tertiary/aromatic N) is 1. The summed E-state index contributed by atoms with van der Waals surface area (Å²) in [5.41, 5.74) is 0. The fraction of sp³-hybridized carbons (Fsp3) is 1.00. The van der Waals surface area contributed by atoms with Crippen molar-refractivity contribution in [1.82, 2.24) is 10.2 Å². The summed E-state index contributed by atoms with van der Waals surface area (Å²) in [6.07, 6.45) is 0. The van der Waals surface area contributed by atoms with E-state index in [-0.39, 0.29) is 0 Å². The molecule has 4 heteroatoms. The van der Waals surface area contributed by atoms with Gasteiger partial charge in [-0.3, -0.25) is 4.90 Å². The molecule has 96 valence electrons. The van der Waals surface area contributed by atoms with E-state index in [0.717, 1.165) is 46.0 Å². The molecule has 4 nitrogen and oxygen atoms in total. The molecule has 1 saturated heterocycles. The molecule has 0 radical (unpaired) electrons. The first-order valence-corrected chi connectivity index (χ1v) is 6.24. The second kappa shape index (κ2) is 8.01. The number of ether oxygens (including phenoxy) is 2. The number of hydrogen-bond donors (Lipinski definition) is 1. The van der Waals surface area contributed by atoms with E-state index < -0.39 is 0 Å². The zero-order chi connectivity index (χ0) is 11.8. The van der Waals surface area contributed by atoms with Crippen molar-refractivity contribution < 1.29 is 9.47 Å². The Balaban J connectivity index is 2.07. The minimum absolute atomic E-state index is 0.539. The van der Waals surface area contributed by atoms with Gasteiger partial charge in [-0.1, -0.05) is 6.92 Å². The molecule has 2 atom stereocenters. The van der Waals surface area contributed by atoms with Crippen LogP contribution in [0.25, 0.3) is 0 Å². The molecule has 0 aromatic heterocycles. The van der Waals surface area contributed by atoms with E-state index in [0.29, 0.717) is 12.0 Å². The van der Waals surface area contributed by atoms with E-state index in [1.165, 1.54) is 0 Å². The van der Waals surface area contributed by atoms with Crippen LogP contribution < -0.4 is 5.32 Å². The topological polar surface area (TPSA) is 33.7 Å². The van der Waals surface area contributed by atoms with Crippen LogP contribution in [-0.4, -0.2) is 64.1 Å². The van der Waals surface area contributed by atoms with Crippen LogP contribution in [-0.2, 0) is 9.47 Å². The smallest absolute Gasteiger partial charge is 0.0594 e. The minimum atomic E-state index is 0.539. The molecule has 1 aliphatic heterocycles. The number of rotatable bonds is 7. The Morgan fingerprint density at radius 1 is 1.31 bits per heavy atom. The van der Waals surface area contributed by atoms with E-state index in [1.807, 2.05) is 0 Å². The number of nitrogens with one attached hydrogen (secondary N) is 1. The lowest BCUT2D eigenvalue weighted by Crippen LogP contribution is -2.45. The summed E-state index contributed by atoms with van der Waals surface area (Å²) >= 11 is 0. The van der Waals surface area contributed by atoms with Crippen molar-refractivity contribution in [3.8, 4) is 0 Å². The normalized spacial score (nSPS) is 21.9. The standard InChI is InChI=1S/C12H26N2O2/c1-11(10-15-3)8-13-12(2)9-14-4-6-16-7-5-14/h11-13H,4-10H2,1-3H3. The molecule has 0 aromatic rings. The van der Waals surface area contributed by atoms with Crippen LogP contribution in [0.2, 0.25) is 0 Å². The third kappa shape index (κ3) is 5.80. The van der Waals surface area contributed by atoms with Gasteiger partial charge in [-0.15, -0.1) is 0 Å². The van der Waals surface area contributed by atoms with Gasteiger partial charge >= 0.3 is 0 Å².